The molecule has 2 fully saturated rings. The van der Waals surface area contributed by atoms with Gasteiger partial charge in [-0.25, -0.2) is 4.98 Å². The lowest BCUT2D eigenvalue weighted by molar-refractivity contribution is -0.0424. The van der Waals surface area contributed by atoms with Crippen molar-refractivity contribution < 1.29 is 14.9 Å². The standard InChI is InChI=1S/C17H21Cl2N3O3/c18-10-5-12-13(6-11(10)19)22(16-7-14(24)15(8-23)25-16)17(21-12)20-9-3-1-2-4-9/h5-6,9,14-16,23-24H,1-4,7-8H2,(H,20,21)/t14-,15+,16+/m1/s1. The van der Waals surface area contributed by atoms with Crippen LogP contribution < -0.4 is 5.32 Å². The number of imidazole rings is 1. The third-order valence-electron chi connectivity index (χ3n) is 5.09. The molecule has 1 aliphatic carbocycles. The monoisotopic (exact) mass is 385 g/mol. The van der Waals surface area contributed by atoms with Crippen LogP contribution >= 0.6 is 23.2 Å². The number of aliphatic hydroxyl groups excluding tert-OH is 2. The Kier molecular flexibility index (Phi) is 4.81. The summed E-state index contributed by atoms with van der Waals surface area (Å²) in [5.74, 6) is 0.691. The molecule has 8 heteroatoms. The van der Waals surface area contributed by atoms with Crippen LogP contribution in [0.15, 0.2) is 12.1 Å². The maximum atomic E-state index is 10.1. The number of nitrogens with one attached hydrogen (secondary N) is 1. The second-order valence-corrected chi connectivity index (χ2v) is 7.62. The van der Waals surface area contributed by atoms with Crippen molar-refractivity contribution in [1.29, 1.82) is 0 Å². The van der Waals surface area contributed by atoms with Gasteiger partial charge in [-0.1, -0.05) is 36.0 Å². The van der Waals surface area contributed by atoms with Crippen LogP contribution in [0, 0.1) is 0 Å². The van der Waals surface area contributed by atoms with E-state index in [0.717, 1.165) is 23.9 Å². The van der Waals surface area contributed by atoms with Crippen LogP contribution in [-0.2, 0) is 4.74 Å². The fourth-order valence-corrected chi connectivity index (χ4v) is 4.09. The third kappa shape index (κ3) is 3.22. The number of nitrogens with zero attached hydrogens (tertiary/aromatic N) is 2. The average molecular weight is 386 g/mol. The summed E-state index contributed by atoms with van der Waals surface area (Å²) in [7, 11) is 0. The van der Waals surface area contributed by atoms with E-state index in [1.165, 1.54) is 12.8 Å². The molecule has 1 saturated carbocycles. The first kappa shape index (κ1) is 17.4. The molecule has 0 bridgehead atoms. The van der Waals surface area contributed by atoms with Gasteiger partial charge in [-0.2, -0.15) is 0 Å². The predicted molar refractivity (Wildman–Crippen MR) is 97.3 cm³/mol. The maximum absolute atomic E-state index is 10.1. The van der Waals surface area contributed by atoms with E-state index in [2.05, 4.69) is 10.3 Å². The quantitative estimate of drug-likeness (QED) is 0.751. The highest BCUT2D eigenvalue weighted by Crippen LogP contribution is 2.37. The van der Waals surface area contributed by atoms with Crippen molar-refractivity contribution in [2.75, 3.05) is 11.9 Å². The number of hydrogen-bond donors (Lipinski definition) is 3. The van der Waals surface area contributed by atoms with E-state index < -0.39 is 18.4 Å². The predicted octanol–water partition coefficient (Wildman–Crippen LogP) is 3.34. The minimum absolute atomic E-state index is 0.220. The molecule has 0 unspecified atom stereocenters. The Hall–Kier alpha value is -1.05. The molecule has 0 radical (unpaired) electrons. The fourth-order valence-electron chi connectivity index (χ4n) is 3.77. The summed E-state index contributed by atoms with van der Waals surface area (Å²) in [6.45, 7) is -0.220. The first-order valence-corrected chi connectivity index (χ1v) is 9.40. The molecule has 1 saturated heterocycles. The zero-order chi connectivity index (χ0) is 17.6. The van der Waals surface area contributed by atoms with Gasteiger partial charge in [0, 0.05) is 12.5 Å². The van der Waals surface area contributed by atoms with Gasteiger partial charge in [0.2, 0.25) is 5.95 Å². The van der Waals surface area contributed by atoms with Crippen molar-refractivity contribution in [3.05, 3.63) is 22.2 Å². The summed E-state index contributed by atoms with van der Waals surface area (Å²) < 4.78 is 7.78. The number of rotatable bonds is 4. The SMILES string of the molecule is OC[C@@H]1O[C@H](n2c(NC3CCCC3)nc3cc(Cl)c(Cl)cc32)C[C@H]1O. The third-order valence-corrected chi connectivity index (χ3v) is 5.81. The number of benzene rings is 1. The van der Waals surface area contributed by atoms with Crippen molar-refractivity contribution in [3.63, 3.8) is 0 Å². The Labute approximate surface area is 155 Å². The van der Waals surface area contributed by atoms with Gasteiger partial charge < -0.3 is 20.3 Å². The molecule has 2 aromatic rings. The molecular weight excluding hydrogens is 365 g/mol. The zero-order valence-corrected chi connectivity index (χ0v) is 15.2. The van der Waals surface area contributed by atoms with Gasteiger partial charge in [-0.3, -0.25) is 4.57 Å². The van der Waals surface area contributed by atoms with E-state index in [1.54, 1.807) is 12.1 Å². The van der Waals surface area contributed by atoms with Crippen molar-refractivity contribution in [1.82, 2.24) is 9.55 Å². The summed E-state index contributed by atoms with van der Waals surface area (Å²) >= 11 is 12.3. The summed E-state index contributed by atoms with van der Waals surface area (Å²) in [5, 5.41) is 23.9. The van der Waals surface area contributed by atoms with Crippen LogP contribution in [0.4, 0.5) is 5.95 Å². The largest absolute Gasteiger partial charge is 0.394 e. The number of aromatic nitrogens is 2. The molecule has 1 aromatic heterocycles. The molecule has 25 heavy (non-hydrogen) atoms. The van der Waals surface area contributed by atoms with Crippen LogP contribution in [0.3, 0.4) is 0 Å². The summed E-state index contributed by atoms with van der Waals surface area (Å²) in [6, 6.07) is 3.89. The van der Waals surface area contributed by atoms with Crippen LogP contribution in [-0.4, -0.2) is 44.6 Å². The second-order valence-electron chi connectivity index (χ2n) is 6.80. The summed E-state index contributed by atoms with van der Waals surface area (Å²) in [4.78, 5) is 4.68. The molecule has 3 N–H and O–H groups in total. The maximum Gasteiger partial charge on any atom is 0.206 e. The highest BCUT2D eigenvalue weighted by atomic mass is 35.5. The van der Waals surface area contributed by atoms with E-state index in [4.69, 9.17) is 27.9 Å². The fraction of sp³-hybridized carbons (Fsp3) is 0.588. The molecule has 1 aliphatic heterocycles. The lowest BCUT2D eigenvalue weighted by Crippen LogP contribution is -2.24. The molecule has 2 aliphatic rings. The van der Waals surface area contributed by atoms with Gasteiger partial charge >= 0.3 is 0 Å². The van der Waals surface area contributed by atoms with Gasteiger partial charge in [0.15, 0.2) is 0 Å². The van der Waals surface area contributed by atoms with Crippen LogP contribution in [0.1, 0.15) is 38.3 Å². The van der Waals surface area contributed by atoms with E-state index in [-0.39, 0.29) is 6.61 Å². The Bertz CT molecular complexity index is 776. The van der Waals surface area contributed by atoms with Crippen LogP contribution in [0.5, 0.6) is 0 Å². The van der Waals surface area contributed by atoms with Gasteiger partial charge in [0.05, 0.1) is 33.8 Å². The normalized spacial score (nSPS) is 27.4. The lowest BCUT2D eigenvalue weighted by atomic mass is 10.2. The average Bonchev–Trinajstić information content (AvgIpc) is 3.28. The molecule has 2 heterocycles. The second kappa shape index (κ2) is 6.93. The number of aliphatic hydroxyl groups is 2. The first-order chi connectivity index (χ1) is 12.1. The van der Waals surface area contributed by atoms with Crippen molar-refractivity contribution >= 4 is 40.2 Å². The van der Waals surface area contributed by atoms with Crippen molar-refractivity contribution in [2.24, 2.45) is 0 Å². The van der Waals surface area contributed by atoms with E-state index in [0.29, 0.717) is 28.5 Å². The van der Waals surface area contributed by atoms with Crippen LogP contribution in [0.25, 0.3) is 11.0 Å². The Balaban J connectivity index is 1.77. The Morgan fingerprint density at radius 1 is 1.24 bits per heavy atom. The Morgan fingerprint density at radius 3 is 2.64 bits per heavy atom. The molecule has 0 spiro atoms. The highest BCUT2D eigenvalue weighted by molar-refractivity contribution is 6.42. The molecule has 3 atom stereocenters. The lowest BCUT2D eigenvalue weighted by Gasteiger charge is -2.20. The minimum Gasteiger partial charge on any atom is -0.394 e. The minimum atomic E-state index is -0.713. The van der Waals surface area contributed by atoms with Gasteiger partial charge in [-0.05, 0) is 25.0 Å². The molecule has 1 aromatic carbocycles. The summed E-state index contributed by atoms with van der Waals surface area (Å²) in [5.41, 5.74) is 1.52. The number of hydrogen-bond acceptors (Lipinski definition) is 5. The van der Waals surface area contributed by atoms with Crippen LogP contribution in [0.2, 0.25) is 10.0 Å². The number of fused-ring (bicyclic) bond motifs is 1. The number of ether oxygens (including phenoxy) is 1. The molecule has 136 valence electrons. The molecule has 6 nitrogen and oxygen atoms in total. The summed E-state index contributed by atoms with van der Waals surface area (Å²) in [6.07, 6.45) is 3.30. The molecule has 0 amide bonds. The van der Waals surface area contributed by atoms with Gasteiger partial charge in [0.1, 0.15) is 12.3 Å². The van der Waals surface area contributed by atoms with Crippen molar-refractivity contribution in [3.8, 4) is 0 Å². The highest BCUT2D eigenvalue weighted by Gasteiger charge is 2.36. The topological polar surface area (TPSA) is 79.5 Å². The van der Waals surface area contributed by atoms with E-state index in [9.17, 15) is 10.2 Å². The molecular formula is C17H21Cl2N3O3. The van der Waals surface area contributed by atoms with E-state index >= 15 is 0 Å². The zero-order valence-electron chi connectivity index (χ0n) is 13.7. The number of halogens is 2. The number of anilines is 1. The smallest absolute Gasteiger partial charge is 0.206 e. The van der Waals surface area contributed by atoms with Gasteiger partial charge in [-0.15, -0.1) is 0 Å². The molecule has 4 rings (SSSR count). The van der Waals surface area contributed by atoms with Gasteiger partial charge in [0.25, 0.3) is 0 Å². The Morgan fingerprint density at radius 2 is 1.96 bits per heavy atom. The van der Waals surface area contributed by atoms with E-state index in [1.807, 2.05) is 4.57 Å². The first-order valence-electron chi connectivity index (χ1n) is 8.64. The van der Waals surface area contributed by atoms with Crippen molar-refractivity contribution in [2.45, 2.75) is 56.6 Å².